The van der Waals surface area contributed by atoms with Crippen LogP contribution in [0, 0.1) is 10.1 Å². The number of nitro groups is 1. The maximum absolute atomic E-state index is 13.3. The summed E-state index contributed by atoms with van der Waals surface area (Å²) in [6.45, 7) is 3.57. The number of nitrogens with one attached hydrogen (secondary N) is 1. The molecule has 1 atom stereocenters. The number of Topliss-reactive ketones (excluding diaryl/α,β-unsaturated/α-hetero) is 1. The van der Waals surface area contributed by atoms with E-state index in [9.17, 15) is 24.8 Å². The van der Waals surface area contributed by atoms with Crippen molar-refractivity contribution in [3.63, 3.8) is 0 Å². The standard InChI is InChI=1S/C23H22ClN3O6/c24-17-6-4-15(5-7-17)21(28)19-20(16-2-1-3-18(14-16)27(31)32)26(23(30)22(19)29)9-8-25-10-12-33-13-11-25/h1-7,14,20,28H,8-13H2. The summed E-state index contributed by atoms with van der Waals surface area (Å²) in [5.41, 5.74) is 0.167. The maximum Gasteiger partial charge on any atom is 0.295 e. The zero-order valence-corrected chi connectivity index (χ0v) is 18.4. The van der Waals surface area contributed by atoms with Crippen LogP contribution in [-0.4, -0.2) is 60.9 Å². The van der Waals surface area contributed by atoms with Gasteiger partial charge in [-0.25, -0.2) is 0 Å². The van der Waals surface area contributed by atoms with Gasteiger partial charge in [0.2, 0.25) is 5.78 Å². The van der Waals surface area contributed by atoms with Gasteiger partial charge in [0, 0.05) is 22.7 Å². The predicted molar refractivity (Wildman–Crippen MR) is 117 cm³/mol. The third-order valence-electron chi connectivity index (χ3n) is 5.94. The van der Waals surface area contributed by atoms with Crippen LogP contribution >= 0.6 is 11.6 Å². The van der Waals surface area contributed by atoms with Crippen molar-refractivity contribution in [2.45, 2.75) is 6.04 Å². The fourth-order valence-corrected chi connectivity index (χ4v) is 4.33. The van der Waals surface area contributed by atoms with E-state index >= 15 is 0 Å². The van der Waals surface area contributed by atoms with E-state index in [1.54, 1.807) is 6.07 Å². The number of carbonyl (C=O) groups excluding carboxylic acids is 2. The van der Waals surface area contributed by atoms with Crippen molar-refractivity contribution in [2.75, 3.05) is 39.4 Å². The minimum absolute atomic E-state index is 0.184. The first-order valence-corrected chi connectivity index (χ1v) is 10.9. The Hall–Kier alpha value is -3.27. The number of hydrogen-bond donors (Lipinski definition) is 1. The van der Waals surface area contributed by atoms with Crippen LogP contribution in [0.4, 0.5) is 5.69 Å². The van der Waals surface area contributed by atoms with Crippen LogP contribution < -0.4 is 10.0 Å². The average molecular weight is 472 g/mol. The molecule has 2 aromatic carbocycles. The minimum atomic E-state index is -1.01. The van der Waals surface area contributed by atoms with E-state index in [0.717, 1.165) is 13.1 Å². The molecule has 2 fully saturated rings. The van der Waals surface area contributed by atoms with Crippen molar-refractivity contribution in [2.24, 2.45) is 0 Å². The molecular formula is C23H22ClN3O6. The molecule has 172 valence electrons. The summed E-state index contributed by atoms with van der Waals surface area (Å²) in [6, 6.07) is 10.7. The van der Waals surface area contributed by atoms with Crippen LogP contribution in [0.2, 0.25) is 5.02 Å². The predicted octanol–water partition coefficient (Wildman–Crippen LogP) is 0.387. The second-order valence-electron chi connectivity index (χ2n) is 7.94. The van der Waals surface area contributed by atoms with Gasteiger partial charge in [-0.05, 0) is 23.3 Å². The zero-order chi connectivity index (χ0) is 23.5. The molecule has 10 heteroatoms. The lowest BCUT2D eigenvalue weighted by Gasteiger charge is -2.30. The summed E-state index contributed by atoms with van der Waals surface area (Å²) in [4.78, 5) is 39.4. The summed E-state index contributed by atoms with van der Waals surface area (Å²) in [5.74, 6) is -2.26. The molecule has 0 bridgehead atoms. The number of carbonyl (C=O) groups is 2. The van der Waals surface area contributed by atoms with Gasteiger partial charge in [0.05, 0.1) is 37.3 Å². The van der Waals surface area contributed by atoms with E-state index in [1.165, 1.54) is 52.3 Å². The third-order valence-corrected chi connectivity index (χ3v) is 6.19. The van der Waals surface area contributed by atoms with Crippen LogP contribution in [0.5, 0.6) is 0 Å². The lowest BCUT2D eigenvalue weighted by atomic mass is 9.95. The number of nitrogens with zero attached hydrogens (tertiary/aromatic N) is 2. The molecule has 2 heterocycles. The smallest absolute Gasteiger partial charge is 0.295 e. The van der Waals surface area contributed by atoms with E-state index in [0.29, 0.717) is 30.3 Å². The van der Waals surface area contributed by atoms with Crippen molar-refractivity contribution in [1.29, 1.82) is 0 Å². The number of rotatable bonds is 6. The van der Waals surface area contributed by atoms with Crippen LogP contribution in [0.15, 0.2) is 54.1 Å². The van der Waals surface area contributed by atoms with Crippen LogP contribution in [0.1, 0.15) is 17.2 Å². The second kappa shape index (κ2) is 9.70. The number of halogens is 1. The number of quaternary nitrogens is 1. The second-order valence-corrected chi connectivity index (χ2v) is 8.38. The fourth-order valence-electron chi connectivity index (χ4n) is 4.20. The lowest BCUT2D eigenvalue weighted by molar-refractivity contribution is -0.907. The molecule has 0 aromatic heterocycles. The lowest BCUT2D eigenvalue weighted by Crippen LogP contribution is -3.14. The SMILES string of the molecule is O=C1C(=O)N(CC[NH+]2CCOCC2)C(c2cccc([N+](=O)[O-])c2)C1=C([O-])c1ccc(Cl)cc1. The van der Waals surface area contributed by atoms with E-state index in [1.807, 2.05) is 0 Å². The topological polar surface area (TPSA) is 117 Å². The van der Waals surface area contributed by atoms with Crippen molar-refractivity contribution < 1.29 is 29.3 Å². The fraction of sp³-hybridized carbons (Fsp3) is 0.304. The third kappa shape index (κ3) is 4.75. The van der Waals surface area contributed by atoms with Gasteiger partial charge in [0.25, 0.3) is 11.6 Å². The molecule has 0 saturated carbocycles. The molecule has 9 nitrogen and oxygen atoms in total. The number of likely N-dealkylation sites (tertiary alicyclic amines) is 1. The summed E-state index contributed by atoms with van der Waals surface area (Å²) in [5, 5.41) is 25.1. The average Bonchev–Trinajstić information content (AvgIpc) is 3.08. The normalized spacial score (nSPS) is 20.9. The van der Waals surface area contributed by atoms with E-state index < -0.39 is 28.4 Å². The van der Waals surface area contributed by atoms with Gasteiger partial charge in [0.15, 0.2) is 0 Å². The first-order chi connectivity index (χ1) is 15.9. The summed E-state index contributed by atoms with van der Waals surface area (Å²) in [7, 11) is 0. The number of non-ortho nitro benzene ring substituents is 1. The quantitative estimate of drug-likeness (QED) is 0.214. The molecule has 0 spiro atoms. The molecule has 2 aliphatic heterocycles. The molecular weight excluding hydrogens is 450 g/mol. The molecule has 2 aromatic rings. The number of ketones is 1. The van der Waals surface area contributed by atoms with Gasteiger partial charge in [-0.15, -0.1) is 0 Å². The number of amides is 1. The van der Waals surface area contributed by atoms with E-state index in [2.05, 4.69) is 0 Å². The van der Waals surface area contributed by atoms with Gasteiger partial charge in [-0.2, -0.15) is 0 Å². The van der Waals surface area contributed by atoms with Gasteiger partial charge < -0.3 is 19.6 Å². The van der Waals surface area contributed by atoms with Crippen LogP contribution in [0.25, 0.3) is 5.76 Å². The van der Waals surface area contributed by atoms with E-state index in [-0.39, 0.29) is 23.4 Å². The van der Waals surface area contributed by atoms with Crippen molar-refractivity contribution in [3.05, 3.63) is 80.4 Å². The Labute approximate surface area is 195 Å². The van der Waals surface area contributed by atoms with Crippen molar-refractivity contribution >= 4 is 34.7 Å². The largest absolute Gasteiger partial charge is 0.872 e. The highest BCUT2D eigenvalue weighted by molar-refractivity contribution is 6.46. The number of hydrogen-bond acceptors (Lipinski definition) is 6. The Morgan fingerprint density at radius 1 is 1.15 bits per heavy atom. The van der Waals surface area contributed by atoms with E-state index in [4.69, 9.17) is 16.3 Å². The first kappa shape index (κ1) is 22.9. The highest BCUT2D eigenvalue weighted by Gasteiger charge is 2.44. The zero-order valence-electron chi connectivity index (χ0n) is 17.7. The number of nitro benzene ring substituents is 1. The molecule has 1 amide bonds. The molecule has 4 rings (SSSR count). The molecule has 2 saturated heterocycles. The summed E-state index contributed by atoms with van der Waals surface area (Å²) in [6.07, 6.45) is 0. The molecule has 33 heavy (non-hydrogen) atoms. The highest BCUT2D eigenvalue weighted by atomic mass is 35.5. The first-order valence-electron chi connectivity index (χ1n) is 10.5. The molecule has 0 radical (unpaired) electrons. The Bertz CT molecular complexity index is 1110. The number of morpholine rings is 1. The molecule has 1 unspecified atom stereocenters. The Balaban J connectivity index is 1.77. The monoisotopic (exact) mass is 471 g/mol. The molecule has 0 aliphatic carbocycles. The van der Waals surface area contributed by atoms with Gasteiger partial charge in [0.1, 0.15) is 13.1 Å². The maximum atomic E-state index is 13.3. The molecule has 2 aliphatic rings. The summed E-state index contributed by atoms with van der Waals surface area (Å²) >= 11 is 5.92. The number of benzene rings is 2. The molecule has 1 N–H and O–H groups in total. The number of ether oxygens (including phenoxy) is 1. The van der Waals surface area contributed by atoms with Gasteiger partial charge >= 0.3 is 0 Å². The summed E-state index contributed by atoms with van der Waals surface area (Å²) < 4.78 is 5.36. The van der Waals surface area contributed by atoms with Crippen LogP contribution in [0.3, 0.4) is 0 Å². The van der Waals surface area contributed by atoms with Crippen LogP contribution in [-0.2, 0) is 14.3 Å². The van der Waals surface area contributed by atoms with Gasteiger partial charge in [-0.1, -0.05) is 41.6 Å². The van der Waals surface area contributed by atoms with Crippen molar-refractivity contribution in [3.8, 4) is 0 Å². The Morgan fingerprint density at radius 2 is 1.85 bits per heavy atom. The Morgan fingerprint density at radius 3 is 2.52 bits per heavy atom. The Kier molecular flexibility index (Phi) is 6.73. The highest BCUT2D eigenvalue weighted by Crippen LogP contribution is 2.39. The minimum Gasteiger partial charge on any atom is -0.872 e. The van der Waals surface area contributed by atoms with Gasteiger partial charge in [-0.3, -0.25) is 19.7 Å². The van der Waals surface area contributed by atoms with Crippen molar-refractivity contribution in [1.82, 2.24) is 4.90 Å².